The van der Waals surface area contributed by atoms with Crippen molar-refractivity contribution in [1.82, 2.24) is 10.2 Å². The second-order valence-corrected chi connectivity index (χ2v) is 7.55. The molecule has 1 aromatic carbocycles. The van der Waals surface area contributed by atoms with E-state index in [1.165, 1.54) is 12.0 Å². The smallest absolute Gasteiger partial charge is 0.0409 e. The predicted molar refractivity (Wildman–Crippen MR) is 91.8 cm³/mol. The van der Waals surface area contributed by atoms with Gasteiger partial charge in [0.25, 0.3) is 0 Å². The van der Waals surface area contributed by atoms with Crippen molar-refractivity contribution in [3.63, 3.8) is 0 Å². The zero-order chi connectivity index (χ0) is 15.5. The summed E-state index contributed by atoms with van der Waals surface area (Å²) < 4.78 is 0. The molecule has 2 unspecified atom stereocenters. The molecular formula is C18H29ClN2. The summed E-state index contributed by atoms with van der Waals surface area (Å²) >= 11 is 6.14. The SMILES string of the molecule is CCC1(C)CN(Cc2cccc(Cl)c2)C(CC(C)C)CN1. The van der Waals surface area contributed by atoms with Gasteiger partial charge >= 0.3 is 0 Å². The molecule has 0 aliphatic carbocycles. The highest BCUT2D eigenvalue weighted by atomic mass is 35.5. The molecule has 1 fully saturated rings. The summed E-state index contributed by atoms with van der Waals surface area (Å²) in [5.41, 5.74) is 1.54. The van der Waals surface area contributed by atoms with Crippen molar-refractivity contribution in [3.8, 4) is 0 Å². The fraction of sp³-hybridized carbons (Fsp3) is 0.667. The molecule has 21 heavy (non-hydrogen) atoms. The summed E-state index contributed by atoms with van der Waals surface area (Å²) in [5.74, 6) is 0.727. The number of rotatable bonds is 5. The van der Waals surface area contributed by atoms with Gasteiger partial charge in [-0.3, -0.25) is 4.90 Å². The van der Waals surface area contributed by atoms with E-state index < -0.39 is 0 Å². The molecule has 118 valence electrons. The zero-order valence-electron chi connectivity index (χ0n) is 13.8. The molecular weight excluding hydrogens is 280 g/mol. The Morgan fingerprint density at radius 3 is 2.81 bits per heavy atom. The van der Waals surface area contributed by atoms with Gasteiger partial charge < -0.3 is 5.32 Å². The Morgan fingerprint density at radius 1 is 1.43 bits per heavy atom. The van der Waals surface area contributed by atoms with Crippen molar-refractivity contribution in [1.29, 1.82) is 0 Å². The standard InChI is InChI=1S/C18H29ClN2/c1-5-18(4)13-21(17(11-20-18)9-14(2)3)12-15-7-6-8-16(19)10-15/h6-8,10,14,17,20H,5,9,11-13H2,1-4H3. The third kappa shape index (κ3) is 4.70. The molecule has 0 radical (unpaired) electrons. The maximum absolute atomic E-state index is 6.14. The fourth-order valence-corrected chi connectivity index (χ4v) is 3.41. The lowest BCUT2D eigenvalue weighted by atomic mass is 9.90. The number of nitrogens with one attached hydrogen (secondary N) is 1. The Hall–Kier alpha value is -0.570. The van der Waals surface area contributed by atoms with Crippen molar-refractivity contribution in [3.05, 3.63) is 34.9 Å². The molecule has 0 aromatic heterocycles. The molecule has 1 N–H and O–H groups in total. The molecule has 1 aromatic rings. The van der Waals surface area contributed by atoms with Crippen molar-refractivity contribution >= 4 is 11.6 Å². The largest absolute Gasteiger partial charge is 0.309 e. The first-order chi connectivity index (χ1) is 9.92. The molecule has 1 aliphatic heterocycles. The highest BCUT2D eigenvalue weighted by molar-refractivity contribution is 6.30. The Balaban J connectivity index is 2.12. The lowest BCUT2D eigenvalue weighted by Gasteiger charge is -2.46. The van der Waals surface area contributed by atoms with Crippen LogP contribution in [0.2, 0.25) is 5.02 Å². The lowest BCUT2D eigenvalue weighted by Crippen LogP contribution is -2.62. The number of benzene rings is 1. The number of hydrogen-bond acceptors (Lipinski definition) is 2. The number of halogens is 1. The highest BCUT2D eigenvalue weighted by Gasteiger charge is 2.34. The number of hydrogen-bond donors (Lipinski definition) is 1. The first-order valence-corrected chi connectivity index (χ1v) is 8.53. The Morgan fingerprint density at radius 2 is 2.19 bits per heavy atom. The van der Waals surface area contributed by atoms with Crippen molar-refractivity contribution in [2.24, 2.45) is 5.92 Å². The minimum Gasteiger partial charge on any atom is -0.309 e. The van der Waals surface area contributed by atoms with E-state index in [-0.39, 0.29) is 5.54 Å². The third-order valence-corrected chi connectivity index (χ3v) is 4.87. The Labute approximate surface area is 134 Å². The maximum Gasteiger partial charge on any atom is 0.0409 e. The molecule has 0 amide bonds. The quantitative estimate of drug-likeness (QED) is 0.871. The fourth-order valence-electron chi connectivity index (χ4n) is 3.19. The van der Waals surface area contributed by atoms with Crippen LogP contribution in [0.3, 0.4) is 0 Å². The van der Waals surface area contributed by atoms with E-state index in [0.717, 1.165) is 37.0 Å². The minimum absolute atomic E-state index is 0.228. The minimum atomic E-state index is 0.228. The van der Waals surface area contributed by atoms with Crippen LogP contribution in [0.15, 0.2) is 24.3 Å². The number of piperazine rings is 1. The molecule has 3 heteroatoms. The second kappa shape index (κ2) is 7.13. The second-order valence-electron chi connectivity index (χ2n) is 7.11. The van der Waals surface area contributed by atoms with Gasteiger partial charge in [0.05, 0.1) is 0 Å². The predicted octanol–water partition coefficient (Wildman–Crippen LogP) is 4.33. The van der Waals surface area contributed by atoms with Gasteiger partial charge in [-0.1, -0.05) is 44.5 Å². The van der Waals surface area contributed by atoms with E-state index in [9.17, 15) is 0 Å². The molecule has 0 bridgehead atoms. The van der Waals surface area contributed by atoms with Gasteiger partial charge in [-0.15, -0.1) is 0 Å². The van der Waals surface area contributed by atoms with E-state index in [2.05, 4.69) is 56.1 Å². The first-order valence-electron chi connectivity index (χ1n) is 8.15. The molecule has 0 saturated carbocycles. The van der Waals surface area contributed by atoms with Gasteiger partial charge in [-0.2, -0.15) is 0 Å². The van der Waals surface area contributed by atoms with Gasteiger partial charge in [-0.05, 0) is 43.4 Å². The van der Waals surface area contributed by atoms with E-state index in [0.29, 0.717) is 6.04 Å². The van der Waals surface area contributed by atoms with Gasteiger partial charge in [0.2, 0.25) is 0 Å². The molecule has 1 saturated heterocycles. The van der Waals surface area contributed by atoms with E-state index in [4.69, 9.17) is 11.6 Å². The third-order valence-electron chi connectivity index (χ3n) is 4.63. The van der Waals surface area contributed by atoms with E-state index in [1.54, 1.807) is 0 Å². The van der Waals surface area contributed by atoms with Crippen LogP contribution in [0, 0.1) is 5.92 Å². The van der Waals surface area contributed by atoms with Crippen molar-refractivity contribution in [2.75, 3.05) is 13.1 Å². The molecule has 2 nitrogen and oxygen atoms in total. The molecule has 2 rings (SSSR count). The Kier molecular flexibility index (Phi) is 5.70. The summed E-state index contributed by atoms with van der Waals surface area (Å²) in [7, 11) is 0. The highest BCUT2D eigenvalue weighted by Crippen LogP contribution is 2.25. The van der Waals surface area contributed by atoms with Crippen molar-refractivity contribution in [2.45, 2.75) is 58.7 Å². The van der Waals surface area contributed by atoms with Crippen LogP contribution in [-0.2, 0) is 6.54 Å². The maximum atomic E-state index is 6.14. The molecule has 0 spiro atoms. The van der Waals surface area contributed by atoms with Crippen molar-refractivity contribution < 1.29 is 0 Å². The zero-order valence-corrected chi connectivity index (χ0v) is 14.6. The summed E-state index contributed by atoms with van der Waals surface area (Å²) in [4.78, 5) is 2.64. The Bertz CT molecular complexity index is 460. The summed E-state index contributed by atoms with van der Waals surface area (Å²) in [6.45, 7) is 12.4. The van der Waals surface area contributed by atoms with Crippen LogP contribution in [0.5, 0.6) is 0 Å². The molecule has 2 atom stereocenters. The van der Waals surface area contributed by atoms with Gasteiger partial charge in [0.1, 0.15) is 0 Å². The lowest BCUT2D eigenvalue weighted by molar-refractivity contribution is 0.0664. The molecule has 1 aliphatic rings. The van der Waals surface area contributed by atoms with Gasteiger partial charge in [0, 0.05) is 36.2 Å². The summed E-state index contributed by atoms with van der Waals surface area (Å²) in [6.07, 6.45) is 2.40. The van der Waals surface area contributed by atoms with E-state index >= 15 is 0 Å². The average molecular weight is 309 g/mol. The van der Waals surface area contributed by atoms with Gasteiger partial charge in [0.15, 0.2) is 0 Å². The van der Waals surface area contributed by atoms with Crippen LogP contribution in [-0.4, -0.2) is 29.6 Å². The summed E-state index contributed by atoms with van der Waals surface area (Å²) in [5, 5.41) is 4.59. The topological polar surface area (TPSA) is 15.3 Å². The average Bonchev–Trinajstić information content (AvgIpc) is 2.42. The van der Waals surface area contributed by atoms with E-state index in [1.807, 2.05) is 6.07 Å². The number of nitrogens with zero attached hydrogens (tertiary/aromatic N) is 1. The summed E-state index contributed by atoms with van der Waals surface area (Å²) in [6, 6.07) is 8.90. The monoisotopic (exact) mass is 308 g/mol. The van der Waals surface area contributed by atoms with Crippen LogP contribution < -0.4 is 5.32 Å². The van der Waals surface area contributed by atoms with Crippen LogP contribution in [0.4, 0.5) is 0 Å². The van der Waals surface area contributed by atoms with Gasteiger partial charge in [-0.25, -0.2) is 0 Å². The van der Waals surface area contributed by atoms with Crippen LogP contribution in [0.25, 0.3) is 0 Å². The van der Waals surface area contributed by atoms with Crippen LogP contribution in [0.1, 0.15) is 46.1 Å². The molecule has 1 heterocycles. The first kappa shape index (κ1) is 16.8. The van der Waals surface area contributed by atoms with Crippen LogP contribution >= 0.6 is 11.6 Å². The normalized spacial score (nSPS) is 27.2.